The Balaban J connectivity index is 2.58. The molecular formula is C13H18N2O3. The van der Waals surface area contributed by atoms with Crippen molar-refractivity contribution >= 4 is 17.6 Å². The number of aryl methyl sites for hydroxylation is 1. The van der Waals surface area contributed by atoms with Gasteiger partial charge in [-0.25, -0.2) is 4.79 Å². The molecule has 18 heavy (non-hydrogen) atoms. The van der Waals surface area contributed by atoms with Crippen molar-refractivity contribution in [1.29, 1.82) is 0 Å². The van der Waals surface area contributed by atoms with Crippen LogP contribution < -0.4 is 10.6 Å². The van der Waals surface area contributed by atoms with Crippen molar-refractivity contribution in [2.45, 2.75) is 20.3 Å². The van der Waals surface area contributed by atoms with Crippen LogP contribution in [0.15, 0.2) is 18.2 Å². The molecular weight excluding hydrogens is 232 g/mol. The molecule has 0 heterocycles. The number of hydrogen-bond donors (Lipinski definition) is 3. The first-order valence-corrected chi connectivity index (χ1v) is 5.89. The van der Waals surface area contributed by atoms with E-state index >= 15 is 0 Å². The average Bonchev–Trinajstić information content (AvgIpc) is 2.34. The van der Waals surface area contributed by atoms with Gasteiger partial charge in [0.15, 0.2) is 0 Å². The van der Waals surface area contributed by atoms with Gasteiger partial charge in [0, 0.05) is 12.2 Å². The van der Waals surface area contributed by atoms with Gasteiger partial charge in [0.05, 0.1) is 12.1 Å². The summed E-state index contributed by atoms with van der Waals surface area (Å²) in [5.41, 5.74) is 1.82. The summed E-state index contributed by atoms with van der Waals surface area (Å²) in [6.07, 6.45) is 0.901. The summed E-state index contributed by atoms with van der Waals surface area (Å²) < 4.78 is 0. The maximum atomic E-state index is 11.4. The zero-order chi connectivity index (χ0) is 13.5. The Bertz CT molecular complexity index is 444. The second kappa shape index (κ2) is 6.64. The number of nitrogens with one attached hydrogen (secondary N) is 2. The molecule has 1 aromatic rings. The number of benzene rings is 1. The first-order chi connectivity index (χ1) is 8.54. The van der Waals surface area contributed by atoms with Gasteiger partial charge in [0.1, 0.15) is 0 Å². The Hall–Kier alpha value is -2.04. The van der Waals surface area contributed by atoms with Gasteiger partial charge in [-0.3, -0.25) is 4.79 Å². The van der Waals surface area contributed by atoms with Crippen LogP contribution in [-0.4, -0.2) is 30.1 Å². The van der Waals surface area contributed by atoms with Crippen LogP contribution in [0.1, 0.15) is 29.3 Å². The number of carboxylic acid groups (broad SMARTS) is 1. The molecule has 0 radical (unpaired) electrons. The van der Waals surface area contributed by atoms with Gasteiger partial charge in [0.25, 0.3) is 0 Å². The molecule has 98 valence electrons. The summed E-state index contributed by atoms with van der Waals surface area (Å²) in [6, 6.07) is 4.77. The Labute approximate surface area is 106 Å². The van der Waals surface area contributed by atoms with Gasteiger partial charge < -0.3 is 15.7 Å². The predicted molar refractivity (Wildman–Crippen MR) is 69.9 cm³/mol. The number of rotatable bonds is 6. The smallest absolute Gasteiger partial charge is 0.335 e. The van der Waals surface area contributed by atoms with Crippen LogP contribution in [0.2, 0.25) is 0 Å². The van der Waals surface area contributed by atoms with Crippen molar-refractivity contribution in [2.24, 2.45) is 0 Å². The lowest BCUT2D eigenvalue weighted by Gasteiger charge is -2.10. The average molecular weight is 250 g/mol. The maximum Gasteiger partial charge on any atom is 0.335 e. The summed E-state index contributed by atoms with van der Waals surface area (Å²) in [6.45, 7) is 4.64. The van der Waals surface area contributed by atoms with E-state index in [2.05, 4.69) is 10.6 Å². The third-order valence-electron chi connectivity index (χ3n) is 2.48. The molecule has 0 aliphatic heterocycles. The molecule has 0 aliphatic carbocycles. The van der Waals surface area contributed by atoms with Crippen molar-refractivity contribution in [1.82, 2.24) is 5.32 Å². The molecule has 0 fully saturated rings. The molecule has 0 aliphatic rings. The van der Waals surface area contributed by atoms with E-state index in [0.717, 1.165) is 17.7 Å². The lowest BCUT2D eigenvalue weighted by Crippen LogP contribution is -2.30. The first kappa shape index (κ1) is 14.0. The molecule has 1 aromatic carbocycles. The van der Waals surface area contributed by atoms with Crippen molar-refractivity contribution in [3.63, 3.8) is 0 Å². The van der Waals surface area contributed by atoms with Crippen molar-refractivity contribution < 1.29 is 14.7 Å². The maximum absolute atomic E-state index is 11.4. The number of carboxylic acids is 1. The van der Waals surface area contributed by atoms with Gasteiger partial charge >= 0.3 is 5.97 Å². The number of hydrogen-bond acceptors (Lipinski definition) is 3. The molecule has 0 unspecified atom stereocenters. The summed E-state index contributed by atoms with van der Waals surface area (Å²) >= 11 is 0. The summed E-state index contributed by atoms with van der Waals surface area (Å²) in [5.74, 6) is -1.02. The molecule has 1 rings (SSSR count). The molecule has 0 atom stereocenters. The van der Waals surface area contributed by atoms with E-state index in [1.54, 1.807) is 19.1 Å². The minimum Gasteiger partial charge on any atom is -0.478 e. The van der Waals surface area contributed by atoms with Crippen LogP contribution in [-0.2, 0) is 4.79 Å². The van der Waals surface area contributed by atoms with Crippen LogP contribution in [0.5, 0.6) is 0 Å². The van der Waals surface area contributed by atoms with Crippen molar-refractivity contribution in [3.8, 4) is 0 Å². The highest BCUT2D eigenvalue weighted by atomic mass is 16.4. The lowest BCUT2D eigenvalue weighted by molar-refractivity contribution is -0.119. The zero-order valence-electron chi connectivity index (χ0n) is 10.6. The summed E-state index contributed by atoms with van der Waals surface area (Å²) in [5, 5.41) is 14.6. The molecule has 0 saturated heterocycles. The molecule has 0 bridgehead atoms. The molecule has 5 nitrogen and oxygen atoms in total. The van der Waals surface area contributed by atoms with E-state index < -0.39 is 5.97 Å². The predicted octanol–water partition coefficient (Wildman–Crippen LogP) is 1.63. The fraction of sp³-hybridized carbons (Fsp3) is 0.385. The Morgan fingerprint density at radius 3 is 2.61 bits per heavy atom. The lowest BCUT2D eigenvalue weighted by atomic mass is 10.1. The minimum absolute atomic E-state index is 0.0708. The largest absolute Gasteiger partial charge is 0.478 e. The molecule has 0 saturated carbocycles. The fourth-order valence-corrected chi connectivity index (χ4v) is 1.50. The van der Waals surface area contributed by atoms with E-state index in [1.807, 2.05) is 6.92 Å². The number of carbonyl (C=O) groups is 2. The van der Waals surface area contributed by atoms with E-state index in [-0.39, 0.29) is 18.0 Å². The second-order valence-electron chi connectivity index (χ2n) is 4.04. The van der Waals surface area contributed by atoms with E-state index in [4.69, 9.17) is 5.11 Å². The summed E-state index contributed by atoms with van der Waals surface area (Å²) in [4.78, 5) is 22.2. The molecule has 1 amide bonds. The zero-order valence-corrected chi connectivity index (χ0v) is 10.6. The normalized spacial score (nSPS) is 9.89. The Morgan fingerprint density at radius 2 is 2.06 bits per heavy atom. The molecule has 5 heteroatoms. The van der Waals surface area contributed by atoms with Crippen molar-refractivity contribution in [3.05, 3.63) is 29.3 Å². The second-order valence-corrected chi connectivity index (χ2v) is 4.04. The monoisotopic (exact) mass is 250 g/mol. The third-order valence-corrected chi connectivity index (χ3v) is 2.48. The van der Waals surface area contributed by atoms with E-state index in [1.165, 1.54) is 6.07 Å². The first-order valence-electron chi connectivity index (χ1n) is 5.89. The molecule has 0 aromatic heterocycles. The number of carbonyl (C=O) groups excluding carboxylic acids is 1. The van der Waals surface area contributed by atoms with E-state index in [0.29, 0.717) is 6.54 Å². The highest BCUT2D eigenvalue weighted by Crippen LogP contribution is 2.16. The van der Waals surface area contributed by atoms with Gasteiger partial charge in [-0.1, -0.05) is 6.92 Å². The summed E-state index contributed by atoms with van der Waals surface area (Å²) in [7, 11) is 0. The number of anilines is 1. The van der Waals surface area contributed by atoms with Crippen LogP contribution >= 0.6 is 0 Å². The van der Waals surface area contributed by atoms with Crippen LogP contribution in [0.25, 0.3) is 0 Å². The van der Waals surface area contributed by atoms with Gasteiger partial charge in [0.2, 0.25) is 5.91 Å². The van der Waals surface area contributed by atoms with Gasteiger partial charge in [-0.15, -0.1) is 0 Å². The number of amides is 1. The standard InChI is InChI=1S/C13H18N2O3/c1-3-6-14-12(16)8-15-11-5-4-10(13(17)18)7-9(11)2/h4-5,7,15H,3,6,8H2,1-2H3,(H,14,16)(H,17,18). The molecule has 0 spiro atoms. The number of aromatic carboxylic acids is 1. The third kappa shape index (κ3) is 4.08. The SMILES string of the molecule is CCCNC(=O)CNc1ccc(C(=O)O)cc1C. The van der Waals surface area contributed by atoms with Crippen molar-refractivity contribution in [2.75, 3.05) is 18.4 Å². The van der Waals surface area contributed by atoms with Gasteiger partial charge in [-0.05, 0) is 37.1 Å². The fourth-order valence-electron chi connectivity index (χ4n) is 1.50. The Morgan fingerprint density at radius 1 is 1.33 bits per heavy atom. The van der Waals surface area contributed by atoms with Crippen LogP contribution in [0.4, 0.5) is 5.69 Å². The highest BCUT2D eigenvalue weighted by molar-refractivity contribution is 5.88. The van der Waals surface area contributed by atoms with Crippen LogP contribution in [0, 0.1) is 6.92 Å². The Kier molecular flexibility index (Phi) is 5.17. The molecule has 3 N–H and O–H groups in total. The highest BCUT2D eigenvalue weighted by Gasteiger charge is 2.06. The van der Waals surface area contributed by atoms with Crippen LogP contribution in [0.3, 0.4) is 0 Å². The van der Waals surface area contributed by atoms with Gasteiger partial charge in [-0.2, -0.15) is 0 Å². The minimum atomic E-state index is -0.953. The quantitative estimate of drug-likeness (QED) is 0.717. The van der Waals surface area contributed by atoms with E-state index in [9.17, 15) is 9.59 Å². The topological polar surface area (TPSA) is 78.4 Å².